The minimum Gasteiger partial charge on any atom is -0.493 e. The molecule has 2 N–H and O–H groups in total. The van der Waals surface area contributed by atoms with E-state index in [0.717, 1.165) is 30.0 Å². The monoisotopic (exact) mass is 277 g/mol. The van der Waals surface area contributed by atoms with Crippen molar-refractivity contribution in [3.05, 3.63) is 23.3 Å². The molecule has 0 unspecified atom stereocenters. The number of ether oxygens (including phenoxy) is 1. The highest BCUT2D eigenvalue weighted by atomic mass is 16.5. The fourth-order valence-electron chi connectivity index (χ4n) is 2.36. The normalized spacial score (nSPS) is 11.1. The zero-order valence-electron chi connectivity index (χ0n) is 13.7. The highest BCUT2D eigenvalue weighted by Crippen LogP contribution is 2.31. The van der Waals surface area contributed by atoms with Crippen LogP contribution in [0.15, 0.2) is 12.1 Å². The van der Waals surface area contributed by atoms with E-state index in [4.69, 9.17) is 10.5 Å². The lowest BCUT2D eigenvalue weighted by molar-refractivity contribution is 0.300. The zero-order valence-corrected chi connectivity index (χ0v) is 13.7. The van der Waals surface area contributed by atoms with Gasteiger partial charge in [0.15, 0.2) is 0 Å². The molecule has 1 aromatic rings. The molecule has 0 spiro atoms. The van der Waals surface area contributed by atoms with Gasteiger partial charge in [-0.3, -0.25) is 0 Å². The smallest absolute Gasteiger partial charge is 0.123 e. The lowest BCUT2D eigenvalue weighted by Gasteiger charge is -2.16. The summed E-state index contributed by atoms with van der Waals surface area (Å²) in [5, 5.41) is 0. The highest BCUT2D eigenvalue weighted by molar-refractivity contribution is 5.55. The largest absolute Gasteiger partial charge is 0.493 e. The molecule has 1 aromatic carbocycles. The molecule has 0 aromatic heterocycles. The van der Waals surface area contributed by atoms with Gasteiger partial charge in [-0.15, -0.1) is 0 Å². The summed E-state index contributed by atoms with van der Waals surface area (Å²) in [6, 6.07) is 4.15. The van der Waals surface area contributed by atoms with Gasteiger partial charge in [-0.25, -0.2) is 0 Å². The minimum absolute atomic E-state index is 0.442. The van der Waals surface area contributed by atoms with Crippen molar-refractivity contribution in [1.82, 2.24) is 0 Å². The van der Waals surface area contributed by atoms with Crippen molar-refractivity contribution in [1.29, 1.82) is 0 Å². The van der Waals surface area contributed by atoms with E-state index in [9.17, 15) is 0 Å². The average Bonchev–Trinajstić information content (AvgIpc) is 2.41. The molecule has 0 heterocycles. The fourth-order valence-corrected chi connectivity index (χ4v) is 2.36. The van der Waals surface area contributed by atoms with Crippen molar-refractivity contribution >= 4 is 5.69 Å². The van der Waals surface area contributed by atoms with Crippen molar-refractivity contribution in [2.75, 3.05) is 12.3 Å². The number of anilines is 1. The van der Waals surface area contributed by atoms with Gasteiger partial charge in [0.05, 0.1) is 6.61 Å². The van der Waals surface area contributed by atoms with Crippen LogP contribution in [-0.4, -0.2) is 6.61 Å². The van der Waals surface area contributed by atoms with Gasteiger partial charge in [0.1, 0.15) is 5.75 Å². The maximum atomic E-state index is 5.99. The molecule has 114 valence electrons. The first kappa shape index (κ1) is 16.9. The Morgan fingerprint density at radius 1 is 1.05 bits per heavy atom. The van der Waals surface area contributed by atoms with E-state index in [1.165, 1.54) is 37.7 Å². The van der Waals surface area contributed by atoms with Crippen LogP contribution in [-0.2, 0) is 0 Å². The summed E-state index contributed by atoms with van der Waals surface area (Å²) in [4.78, 5) is 0. The summed E-state index contributed by atoms with van der Waals surface area (Å²) in [7, 11) is 0. The molecule has 0 aliphatic heterocycles. The molecule has 20 heavy (non-hydrogen) atoms. The van der Waals surface area contributed by atoms with Gasteiger partial charge < -0.3 is 10.5 Å². The van der Waals surface area contributed by atoms with Gasteiger partial charge >= 0.3 is 0 Å². The predicted molar refractivity (Wildman–Crippen MR) is 88.6 cm³/mol. The van der Waals surface area contributed by atoms with Crippen molar-refractivity contribution in [2.24, 2.45) is 0 Å². The maximum Gasteiger partial charge on any atom is 0.123 e. The molecule has 0 bridgehead atoms. The number of rotatable bonds is 9. The van der Waals surface area contributed by atoms with Crippen LogP contribution < -0.4 is 10.5 Å². The van der Waals surface area contributed by atoms with Gasteiger partial charge in [0, 0.05) is 5.69 Å². The molecular formula is C18H31NO. The molecule has 0 atom stereocenters. The van der Waals surface area contributed by atoms with Crippen LogP contribution in [0.2, 0.25) is 0 Å². The third-order valence-corrected chi connectivity index (χ3v) is 3.78. The van der Waals surface area contributed by atoms with Crippen LogP contribution in [0.25, 0.3) is 0 Å². The summed E-state index contributed by atoms with van der Waals surface area (Å²) in [5.41, 5.74) is 9.18. The lowest BCUT2D eigenvalue weighted by atomic mass is 9.99. The van der Waals surface area contributed by atoms with Crippen LogP contribution in [0.1, 0.15) is 76.3 Å². The Morgan fingerprint density at radius 2 is 1.70 bits per heavy atom. The Kier molecular flexibility index (Phi) is 7.50. The highest BCUT2D eigenvalue weighted by Gasteiger charge is 2.10. The Bertz CT molecular complexity index is 399. The van der Waals surface area contributed by atoms with Gasteiger partial charge in [-0.05, 0) is 42.5 Å². The first-order valence-corrected chi connectivity index (χ1v) is 8.09. The number of nitrogens with two attached hydrogens (primary N) is 1. The van der Waals surface area contributed by atoms with Crippen molar-refractivity contribution in [3.8, 4) is 5.75 Å². The van der Waals surface area contributed by atoms with Crippen LogP contribution >= 0.6 is 0 Å². The number of unbranched alkanes of at least 4 members (excludes halogenated alkanes) is 5. The minimum atomic E-state index is 0.442. The lowest BCUT2D eigenvalue weighted by Crippen LogP contribution is -2.03. The quantitative estimate of drug-likeness (QED) is 0.482. The van der Waals surface area contributed by atoms with E-state index < -0.39 is 0 Å². The number of hydrogen-bond acceptors (Lipinski definition) is 2. The number of aryl methyl sites for hydroxylation is 1. The number of nitrogen functional groups attached to an aromatic ring is 1. The Balaban J connectivity index is 2.45. The van der Waals surface area contributed by atoms with E-state index in [0.29, 0.717) is 5.92 Å². The standard InChI is InChI=1S/C18H31NO/c1-5-6-7-8-9-10-11-20-18-12-15(4)17(19)13-16(18)14(2)3/h12-14H,5-11,19H2,1-4H3. The van der Waals surface area contributed by atoms with E-state index in [1.807, 2.05) is 6.92 Å². The molecule has 0 aliphatic rings. The Morgan fingerprint density at radius 3 is 2.35 bits per heavy atom. The molecule has 0 saturated heterocycles. The van der Waals surface area contributed by atoms with Crippen LogP contribution in [0.4, 0.5) is 5.69 Å². The van der Waals surface area contributed by atoms with Crippen molar-refractivity contribution < 1.29 is 4.74 Å². The van der Waals surface area contributed by atoms with Gasteiger partial charge in [0.25, 0.3) is 0 Å². The number of hydrogen-bond donors (Lipinski definition) is 1. The van der Waals surface area contributed by atoms with Crippen LogP contribution in [0, 0.1) is 6.92 Å². The molecular weight excluding hydrogens is 246 g/mol. The van der Waals surface area contributed by atoms with Crippen LogP contribution in [0.5, 0.6) is 5.75 Å². The zero-order chi connectivity index (χ0) is 15.0. The molecule has 0 aliphatic carbocycles. The molecule has 1 rings (SSSR count). The molecule has 0 radical (unpaired) electrons. The second-order valence-corrected chi connectivity index (χ2v) is 6.02. The summed E-state index contributed by atoms with van der Waals surface area (Å²) in [6.07, 6.45) is 7.76. The molecule has 0 amide bonds. The van der Waals surface area contributed by atoms with Gasteiger partial charge in [-0.1, -0.05) is 52.9 Å². The first-order valence-electron chi connectivity index (χ1n) is 8.09. The molecule has 2 nitrogen and oxygen atoms in total. The fraction of sp³-hybridized carbons (Fsp3) is 0.667. The topological polar surface area (TPSA) is 35.2 Å². The van der Waals surface area contributed by atoms with E-state index in [2.05, 4.69) is 32.9 Å². The Labute approximate surface area is 124 Å². The second-order valence-electron chi connectivity index (χ2n) is 6.02. The van der Waals surface area contributed by atoms with Gasteiger partial charge in [-0.2, -0.15) is 0 Å². The second kappa shape index (κ2) is 8.89. The van der Waals surface area contributed by atoms with E-state index >= 15 is 0 Å². The summed E-state index contributed by atoms with van der Waals surface area (Å²) < 4.78 is 5.99. The first-order chi connectivity index (χ1) is 9.56. The number of benzene rings is 1. The van der Waals surface area contributed by atoms with E-state index in [1.54, 1.807) is 0 Å². The van der Waals surface area contributed by atoms with Crippen LogP contribution in [0.3, 0.4) is 0 Å². The summed E-state index contributed by atoms with van der Waals surface area (Å²) >= 11 is 0. The Hall–Kier alpha value is -1.18. The summed E-state index contributed by atoms with van der Waals surface area (Å²) in [6.45, 7) is 9.47. The average molecular weight is 277 g/mol. The predicted octanol–water partition coefficient (Wildman–Crippen LogP) is 5.44. The molecule has 0 saturated carbocycles. The summed E-state index contributed by atoms with van der Waals surface area (Å²) in [5.74, 6) is 1.46. The molecule has 0 fully saturated rings. The van der Waals surface area contributed by atoms with Crippen molar-refractivity contribution in [3.63, 3.8) is 0 Å². The SMILES string of the molecule is CCCCCCCCOc1cc(C)c(N)cc1C(C)C. The third kappa shape index (κ3) is 5.44. The van der Waals surface area contributed by atoms with Gasteiger partial charge in [0.2, 0.25) is 0 Å². The maximum absolute atomic E-state index is 5.99. The van der Waals surface area contributed by atoms with Crippen molar-refractivity contribution in [2.45, 2.75) is 72.1 Å². The molecule has 2 heteroatoms. The third-order valence-electron chi connectivity index (χ3n) is 3.78. The van der Waals surface area contributed by atoms with E-state index in [-0.39, 0.29) is 0 Å².